The molecule has 0 unspecified atom stereocenters. The number of hydrogen-bond donors (Lipinski definition) is 0. The van der Waals surface area contributed by atoms with Crippen molar-refractivity contribution in [3.8, 4) is 5.75 Å². The SMILES string of the molecule is O=c1oc2cccnc2n1CCOc1cccc2ccccc12. The van der Waals surface area contributed by atoms with E-state index in [1.807, 2.05) is 42.5 Å². The molecule has 5 heteroatoms. The molecule has 0 aliphatic rings. The molecule has 2 aromatic heterocycles. The van der Waals surface area contributed by atoms with E-state index in [9.17, 15) is 4.79 Å². The number of rotatable bonds is 4. The minimum absolute atomic E-state index is 0.360. The predicted molar refractivity (Wildman–Crippen MR) is 87.7 cm³/mol. The molecule has 0 N–H and O–H groups in total. The summed E-state index contributed by atoms with van der Waals surface area (Å²) in [6, 6.07) is 17.4. The molecule has 0 atom stereocenters. The molecular formula is C18H14N2O3. The van der Waals surface area contributed by atoms with Gasteiger partial charge in [-0.25, -0.2) is 9.78 Å². The van der Waals surface area contributed by atoms with E-state index in [1.165, 1.54) is 4.57 Å². The number of nitrogens with zero attached hydrogens (tertiary/aromatic N) is 2. The van der Waals surface area contributed by atoms with Crippen LogP contribution in [0.25, 0.3) is 22.0 Å². The van der Waals surface area contributed by atoms with E-state index in [0.29, 0.717) is 24.4 Å². The Kier molecular flexibility index (Phi) is 3.31. The van der Waals surface area contributed by atoms with E-state index in [4.69, 9.17) is 9.15 Å². The van der Waals surface area contributed by atoms with Gasteiger partial charge in [0.25, 0.3) is 0 Å². The highest BCUT2D eigenvalue weighted by Gasteiger charge is 2.10. The van der Waals surface area contributed by atoms with Crippen LogP contribution in [0.5, 0.6) is 5.75 Å². The third-order valence-corrected chi connectivity index (χ3v) is 3.75. The number of ether oxygens (including phenoxy) is 1. The monoisotopic (exact) mass is 306 g/mol. The second-order valence-electron chi connectivity index (χ2n) is 5.17. The average Bonchev–Trinajstić information content (AvgIpc) is 2.91. The van der Waals surface area contributed by atoms with Crippen molar-refractivity contribution in [1.82, 2.24) is 9.55 Å². The molecule has 114 valence electrons. The van der Waals surface area contributed by atoms with Gasteiger partial charge in [0.15, 0.2) is 11.2 Å². The predicted octanol–water partition coefficient (Wildman–Crippen LogP) is 3.22. The number of hydrogen-bond acceptors (Lipinski definition) is 4. The molecule has 0 radical (unpaired) electrons. The van der Waals surface area contributed by atoms with Crippen LogP contribution >= 0.6 is 0 Å². The van der Waals surface area contributed by atoms with Crippen molar-refractivity contribution in [2.24, 2.45) is 0 Å². The molecule has 4 aromatic rings. The highest BCUT2D eigenvalue weighted by Crippen LogP contribution is 2.25. The van der Waals surface area contributed by atoms with Crippen molar-refractivity contribution >= 4 is 22.0 Å². The van der Waals surface area contributed by atoms with Crippen molar-refractivity contribution in [1.29, 1.82) is 0 Å². The summed E-state index contributed by atoms with van der Waals surface area (Å²) in [6.45, 7) is 0.741. The second kappa shape index (κ2) is 5.61. The van der Waals surface area contributed by atoms with Gasteiger partial charge in [-0.1, -0.05) is 36.4 Å². The summed E-state index contributed by atoms with van der Waals surface area (Å²) >= 11 is 0. The zero-order valence-electron chi connectivity index (χ0n) is 12.3. The summed E-state index contributed by atoms with van der Waals surface area (Å²) in [5.41, 5.74) is 1.03. The lowest BCUT2D eigenvalue weighted by atomic mass is 10.1. The van der Waals surface area contributed by atoms with Gasteiger partial charge >= 0.3 is 5.76 Å². The van der Waals surface area contributed by atoms with Crippen LogP contribution < -0.4 is 10.5 Å². The highest BCUT2D eigenvalue weighted by atomic mass is 16.5. The quantitative estimate of drug-likeness (QED) is 0.581. The van der Waals surface area contributed by atoms with Crippen molar-refractivity contribution in [3.63, 3.8) is 0 Å². The third-order valence-electron chi connectivity index (χ3n) is 3.75. The first kappa shape index (κ1) is 13.6. The minimum atomic E-state index is -0.416. The van der Waals surface area contributed by atoms with Crippen molar-refractivity contribution in [3.05, 3.63) is 71.3 Å². The summed E-state index contributed by atoms with van der Waals surface area (Å²) in [5, 5.41) is 2.18. The number of oxazole rings is 1. The number of benzene rings is 2. The fourth-order valence-corrected chi connectivity index (χ4v) is 2.67. The molecule has 4 rings (SSSR count). The lowest BCUT2D eigenvalue weighted by Gasteiger charge is -2.09. The van der Waals surface area contributed by atoms with Crippen molar-refractivity contribution in [2.75, 3.05) is 6.61 Å². The van der Waals surface area contributed by atoms with Gasteiger partial charge in [-0.05, 0) is 23.6 Å². The molecule has 0 saturated carbocycles. The Morgan fingerprint density at radius 3 is 2.87 bits per heavy atom. The maximum absolute atomic E-state index is 11.9. The highest BCUT2D eigenvalue weighted by molar-refractivity contribution is 5.88. The molecule has 0 aliphatic heterocycles. The van der Waals surface area contributed by atoms with Crippen LogP contribution in [0.3, 0.4) is 0 Å². The van der Waals surface area contributed by atoms with Crippen LogP contribution in [-0.2, 0) is 6.54 Å². The van der Waals surface area contributed by atoms with Crippen molar-refractivity contribution in [2.45, 2.75) is 6.54 Å². The molecule has 0 fully saturated rings. The van der Waals surface area contributed by atoms with E-state index in [-0.39, 0.29) is 0 Å². The van der Waals surface area contributed by atoms with E-state index in [0.717, 1.165) is 16.5 Å². The molecular weight excluding hydrogens is 292 g/mol. The van der Waals surface area contributed by atoms with E-state index in [1.54, 1.807) is 18.3 Å². The summed E-state index contributed by atoms with van der Waals surface area (Å²) < 4.78 is 12.5. The minimum Gasteiger partial charge on any atom is -0.491 e. The Morgan fingerprint density at radius 1 is 1.04 bits per heavy atom. The zero-order chi connectivity index (χ0) is 15.6. The van der Waals surface area contributed by atoms with Crippen LogP contribution in [0.1, 0.15) is 0 Å². The van der Waals surface area contributed by atoms with Crippen LogP contribution in [0.2, 0.25) is 0 Å². The molecule has 0 bridgehead atoms. The molecule has 0 aliphatic carbocycles. The van der Waals surface area contributed by atoms with Gasteiger partial charge in [0.1, 0.15) is 12.4 Å². The summed E-state index contributed by atoms with van der Waals surface area (Å²) in [7, 11) is 0. The normalized spacial score (nSPS) is 11.1. The lowest BCUT2D eigenvalue weighted by Crippen LogP contribution is -2.19. The first-order chi connectivity index (χ1) is 11.3. The Labute approximate surface area is 131 Å². The molecule has 0 spiro atoms. The Hall–Kier alpha value is -3.08. The number of fused-ring (bicyclic) bond motifs is 2. The maximum Gasteiger partial charge on any atom is 0.421 e. The molecule has 0 amide bonds. The zero-order valence-corrected chi connectivity index (χ0v) is 12.3. The average molecular weight is 306 g/mol. The van der Waals surface area contributed by atoms with Gasteiger partial charge in [-0.2, -0.15) is 0 Å². The largest absolute Gasteiger partial charge is 0.491 e. The van der Waals surface area contributed by atoms with Crippen LogP contribution in [0, 0.1) is 0 Å². The van der Waals surface area contributed by atoms with Gasteiger partial charge in [0, 0.05) is 11.6 Å². The molecule has 0 saturated heterocycles. The molecule has 23 heavy (non-hydrogen) atoms. The van der Waals surface area contributed by atoms with E-state index in [2.05, 4.69) is 4.98 Å². The summed E-state index contributed by atoms with van der Waals surface area (Å²) in [6.07, 6.45) is 1.64. The number of pyridine rings is 1. The van der Waals surface area contributed by atoms with Gasteiger partial charge < -0.3 is 9.15 Å². The van der Waals surface area contributed by atoms with Gasteiger partial charge in [-0.3, -0.25) is 4.57 Å². The van der Waals surface area contributed by atoms with Gasteiger partial charge in [-0.15, -0.1) is 0 Å². The standard InChI is InChI=1S/C18H14N2O3/c21-18-20(17-16(23-18)9-4-10-19-17)11-12-22-15-8-3-6-13-5-1-2-7-14(13)15/h1-10H,11-12H2. The van der Waals surface area contributed by atoms with E-state index < -0.39 is 5.76 Å². The molecule has 2 heterocycles. The van der Waals surface area contributed by atoms with Crippen LogP contribution in [0.4, 0.5) is 0 Å². The first-order valence-electron chi connectivity index (χ1n) is 7.38. The Bertz CT molecular complexity index is 1030. The third kappa shape index (κ3) is 2.46. The van der Waals surface area contributed by atoms with E-state index >= 15 is 0 Å². The molecule has 2 aromatic carbocycles. The molecule has 5 nitrogen and oxygen atoms in total. The fraction of sp³-hybridized carbons (Fsp3) is 0.111. The van der Waals surface area contributed by atoms with Crippen LogP contribution in [-0.4, -0.2) is 16.2 Å². The number of aromatic nitrogens is 2. The van der Waals surface area contributed by atoms with Gasteiger partial charge in [0.05, 0.1) is 6.54 Å². The Balaban J connectivity index is 1.57. The maximum atomic E-state index is 11.9. The first-order valence-corrected chi connectivity index (χ1v) is 7.38. The van der Waals surface area contributed by atoms with Crippen LogP contribution in [0.15, 0.2) is 70.0 Å². The topological polar surface area (TPSA) is 57.3 Å². The summed E-state index contributed by atoms with van der Waals surface area (Å²) in [5.74, 6) is 0.386. The van der Waals surface area contributed by atoms with Crippen molar-refractivity contribution < 1.29 is 9.15 Å². The lowest BCUT2D eigenvalue weighted by molar-refractivity contribution is 0.297. The fourth-order valence-electron chi connectivity index (χ4n) is 2.67. The smallest absolute Gasteiger partial charge is 0.421 e. The second-order valence-corrected chi connectivity index (χ2v) is 5.17. The Morgan fingerprint density at radius 2 is 1.91 bits per heavy atom. The van der Waals surface area contributed by atoms with Gasteiger partial charge in [0.2, 0.25) is 0 Å². The summed E-state index contributed by atoms with van der Waals surface area (Å²) in [4.78, 5) is 16.1.